The average Bonchev–Trinajstić information content (AvgIpc) is 2.86. The fraction of sp³-hybridized carbons (Fsp3) is 0.0833. The van der Waals surface area contributed by atoms with Crippen molar-refractivity contribution in [2.45, 2.75) is 6.54 Å². The van der Waals surface area contributed by atoms with E-state index in [1.54, 1.807) is 11.3 Å². The smallest absolute Gasteiger partial charge is 0.153 e. The molecule has 0 unspecified atom stereocenters. The number of para-hydroxylation sites is 1. The van der Waals surface area contributed by atoms with E-state index in [2.05, 4.69) is 32.5 Å². The van der Waals surface area contributed by atoms with Crippen LogP contribution in [0.15, 0.2) is 40.2 Å². The average molecular weight is 308 g/mol. The molecule has 0 bridgehead atoms. The van der Waals surface area contributed by atoms with Crippen LogP contribution >= 0.6 is 27.3 Å². The quantitative estimate of drug-likeness (QED) is 0.787. The van der Waals surface area contributed by atoms with Gasteiger partial charge in [-0.3, -0.25) is 4.68 Å². The third-order valence-electron chi connectivity index (χ3n) is 2.61. The summed E-state index contributed by atoms with van der Waals surface area (Å²) in [5.74, 6) is 0.594. The Morgan fingerprint density at radius 2 is 2.18 bits per heavy atom. The molecule has 2 aromatic heterocycles. The first kappa shape index (κ1) is 10.8. The van der Waals surface area contributed by atoms with Crippen LogP contribution in [0, 0.1) is 0 Å². The van der Waals surface area contributed by atoms with Gasteiger partial charge in [0.15, 0.2) is 5.82 Å². The Labute approximate surface area is 111 Å². The van der Waals surface area contributed by atoms with Crippen molar-refractivity contribution in [1.29, 1.82) is 0 Å². The van der Waals surface area contributed by atoms with E-state index < -0.39 is 0 Å². The standard InChI is InChI=1S/C12H10BrN3S/c13-8-5-9(17-7-8)6-16-11-4-2-1-3-10(11)12(14)15-16/h1-5,7H,6H2,(H2,14,15). The van der Waals surface area contributed by atoms with Gasteiger partial charge in [0.05, 0.1) is 12.1 Å². The van der Waals surface area contributed by atoms with Crippen molar-refractivity contribution in [3.63, 3.8) is 0 Å². The summed E-state index contributed by atoms with van der Waals surface area (Å²) in [5.41, 5.74) is 6.98. The van der Waals surface area contributed by atoms with Crippen molar-refractivity contribution in [2.24, 2.45) is 0 Å². The van der Waals surface area contributed by atoms with Crippen LogP contribution in [-0.4, -0.2) is 9.78 Å². The molecule has 0 saturated carbocycles. The van der Waals surface area contributed by atoms with Crippen molar-refractivity contribution in [1.82, 2.24) is 9.78 Å². The first-order valence-electron chi connectivity index (χ1n) is 5.18. The topological polar surface area (TPSA) is 43.8 Å². The normalized spacial score (nSPS) is 11.1. The highest BCUT2D eigenvalue weighted by molar-refractivity contribution is 9.10. The summed E-state index contributed by atoms with van der Waals surface area (Å²) in [5, 5.41) is 7.47. The van der Waals surface area contributed by atoms with Crippen LogP contribution in [0.1, 0.15) is 4.88 Å². The summed E-state index contributed by atoms with van der Waals surface area (Å²) in [7, 11) is 0. The number of nitrogen functional groups attached to an aromatic ring is 1. The molecule has 0 saturated heterocycles. The third kappa shape index (κ3) is 1.96. The highest BCUT2D eigenvalue weighted by Gasteiger charge is 2.08. The van der Waals surface area contributed by atoms with E-state index in [4.69, 9.17) is 5.73 Å². The van der Waals surface area contributed by atoms with E-state index >= 15 is 0 Å². The lowest BCUT2D eigenvalue weighted by atomic mass is 10.2. The Hall–Kier alpha value is -1.33. The minimum absolute atomic E-state index is 0.594. The van der Waals surface area contributed by atoms with E-state index in [9.17, 15) is 0 Å². The van der Waals surface area contributed by atoms with Crippen LogP contribution in [0.3, 0.4) is 0 Å². The van der Waals surface area contributed by atoms with E-state index in [0.717, 1.165) is 21.9 Å². The van der Waals surface area contributed by atoms with Gasteiger partial charge in [-0.2, -0.15) is 5.10 Å². The summed E-state index contributed by atoms with van der Waals surface area (Å²) < 4.78 is 3.06. The molecule has 0 aliphatic rings. The molecule has 3 aromatic rings. The van der Waals surface area contributed by atoms with Crippen LogP contribution in [0.2, 0.25) is 0 Å². The molecule has 0 atom stereocenters. The second-order valence-electron chi connectivity index (χ2n) is 3.79. The molecule has 0 aliphatic heterocycles. The fourth-order valence-corrected chi connectivity index (χ4v) is 3.29. The van der Waals surface area contributed by atoms with Gasteiger partial charge >= 0.3 is 0 Å². The lowest BCUT2D eigenvalue weighted by Crippen LogP contribution is -2.00. The first-order chi connectivity index (χ1) is 8.24. The predicted molar refractivity (Wildman–Crippen MR) is 75.3 cm³/mol. The minimum atomic E-state index is 0.594. The van der Waals surface area contributed by atoms with Crippen molar-refractivity contribution in [3.05, 3.63) is 45.1 Å². The number of hydrogen-bond donors (Lipinski definition) is 1. The van der Waals surface area contributed by atoms with E-state index in [1.165, 1.54) is 4.88 Å². The Bertz CT molecular complexity index is 671. The summed E-state index contributed by atoms with van der Waals surface area (Å²) in [6, 6.07) is 10.1. The van der Waals surface area contributed by atoms with Gasteiger partial charge in [0, 0.05) is 20.1 Å². The molecule has 2 N–H and O–H groups in total. The largest absolute Gasteiger partial charge is 0.382 e. The van der Waals surface area contributed by atoms with Crippen molar-refractivity contribution < 1.29 is 0 Å². The summed E-state index contributed by atoms with van der Waals surface area (Å²) >= 11 is 5.17. The molecular weight excluding hydrogens is 298 g/mol. The number of thiophene rings is 1. The number of rotatable bonds is 2. The Kier molecular flexibility index (Phi) is 2.64. The molecule has 3 nitrogen and oxygen atoms in total. The van der Waals surface area contributed by atoms with Gasteiger partial charge in [-0.05, 0) is 34.1 Å². The molecule has 17 heavy (non-hydrogen) atoms. The van der Waals surface area contributed by atoms with Gasteiger partial charge in [-0.1, -0.05) is 12.1 Å². The minimum Gasteiger partial charge on any atom is -0.382 e. The van der Waals surface area contributed by atoms with Crippen LogP contribution in [0.5, 0.6) is 0 Å². The van der Waals surface area contributed by atoms with E-state index in [-0.39, 0.29) is 0 Å². The molecule has 0 aliphatic carbocycles. The molecule has 0 spiro atoms. The van der Waals surface area contributed by atoms with Crippen LogP contribution in [-0.2, 0) is 6.54 Å². The Morgan fingerprint density at radius 3 is 2.94 bits per heavy atom. The van der Waals surface area contributed by atoms with Gasteiger partial charge in [0.2, 0.25) is 0 Å². The molecular formula is C12H10BrN3S. The molecule has 1 aromatic carbocycles. The number of hydrogen-bond acceptors (Lipinski definition) is 3. The summed E-state index contributed by atoms with van der Waals surface area (Å²) in [6.45, 7) is 0.758. The first-order valence-corrected chi connectivity index (χ1v) is 6.85. The highest BCUT2D eigenvalue weighted by Crippen LogP contribution is 2.24. The molecule has 2 heterocycles. The SMILES string of the molecule is Nc1nn(Cc2cc(Br)cs2)c2ccccc12. The number of fused-ring (bicyclic) bond motifs is 1. The van der Waals surface area contributed by atoms with Gasteiger partial charge in [0.1, 0.15) is 0 Å². The predicted octanol–water partition coefficient (Wildman–Crippen LogP) is 3.49. The monoisotopic (exact) mass is 307 g/mol. The lowest BCUT2D eigenvalue weighted by Gasteiger charge is -2.00. The van der Waals surface area contributed by atoms with E-state index in [1.807, 2.05) is 28.9 Å². The van der Waals surface area contributed by atoms with Crippen molar-refractivity contribution in [3.8, 4) is 0 Å². The molecule has 3 rings (SSSR count). The number of nitrogens with two attached hydrogens (primary N) is 1. The summed E-state index contributed by atoms with van der Waals surface area (Å²) in [4.78, 5) is 1.25. The van der Waals surface area contributed by atoms with Crippen LogP contribution < -0.4 is 5.73 Å². The highest BCUT2D eigenvalue weighted by atomic mass is 79.9. The second-order valence-corrected chi connectivity index (χ2v) is 5.70. The third-order valence-corrected chi connectivity index (χ3v) is 4.30. The maximum atomic E-state index is 5.90. The lowest BCUT2D eigenvalue weighted by molar-refractivity contribution is 0.724. The molecule has 0 radical (unpaired) electrons. The van der Waals surface area contributed by atoms with E-state index in [0.29, 0.717) is 5.82 Å². The van der Waals surface area contributed by atoms with Gasteiger partial charge in [-0.15, -0.1) is 11.3 Å². The summed E-state index contributed by atoms with van der Waals surface area (Å²) in [6.07, 6.45) is 0. The van der Waals surface area contributed by atoms with Crippen LogP contribution in [0.4, 0.5) is 5.82 Å². The molecule has 0 amide bonds. The van der Waals surface area contributed by atoms with Gasteiger partial charge in [0.25, 0.3) is 0 Å². The Balaban J connectivity index is 2.06. The maximum absolute atomic E-state index is 5.90. The zero-order chi connectivity index (χ0) is 11.8. The van der Waals surface area contributed by atoms with Crippen molar-refractivity contribution >= 4 is 44.0 Å². The number of anilines is 1. The van der Waals surface area contributed by atoms with Gasteiger partial charge in [-0.25, -0.2) is 0 Å². The molecule has 0 fully saturated rings. The van der Waals surface area contributed by atoms with Crippen molar-refractivity contribution in [2.75, 3.05) is 5.73 Å². The molecule has 86 valence electrons. The molecule has 5 heteroatoms. The Morgan fingerprint density at radius 1 is 1.35 bits per heavy atom. The number of nitrogens with zero attached hydrogens (tertiary/aromatic N) is 2. The number of aromatic nitrogens is 2. The second kappa shape index (κ2) is 4.16. The number of benzene rings is 1. The number of halogens is 1. The fourth-order valence-electron chi connectivity index (χ4n) is 1.86. The zero-order valence-electron chi connectivity index (χ0n) is 8.93. The maximum Gasteiger partial charge on any atom is 0.153 e. The van der Waals surface area contributed by atoms with Crippen LogP contribution in [0.25, 0.3) is 10.9 Å². The zero-order valence-corrected chi connectivity index (χ0v) is 11.3. The van der Waals surface area contributed by atoms with Gasteiger partial charge < -0.3 is 5.73 Å².